The van der Waals surface area contributed by atoms with E-state index in [0.717, 1.165) is 6.42 Å². The van der Waals surface area contributed by atoms with Gasteiger partial charge in [-0.05, 0) is 37.1 Å². The molecule has 4 heteroatoms. The lowest BCUT2D eigenvalue weighted by molar-refractivity contribution is 0.152. The largest absolute Gasteiger partial charge is 0.399 e. The highest BCUT2D eigenvalue weighted by molar-refractivity contribution is 5.58. The first-order chi connectivity index (χ1) is 9.56. The summed E-state index contributed by atoms with van der Waals surface area (Å²) in [5.41, 5.74) is 8.68. The van der Waals surface area contributed by atoms with Crippen molar-refractivity contribution in [2.45, 2.75) is 19.8 Å². The van der Waals surface area contributed by atoms with Gasteiger partial charge in [0.15, 0.2) is 0 Å². The van der Waals surface area contributed by atoms with Crippen molar-refractivity contribution in [2.24, 2.45) is 0 Å². The smallest absolute Gasteiger partial charge is 0.265 e. The fraction of sp³-hybridized carbons (Fsp3) is 0.250. The Morgan fingerprint density at radius 1 is 1.15 bits per heavy atom. The van der Waals surface area contributed by atoms with E-state index in [2.05, 4.69) is 11.4 Å². The first kappa shape index (κ1) is 14.3. The Morgan fingerprint density at radius 2 is 1.95 bits per heavy atom. The van der Waals surface area contributed by atoms with E-state index in [0.29, 0.717) is 17.9 Å². The van der Waals surface area contributed by atoms with Gasteiger partial charge in [-0.25, -0.2) is 8.78 Å². The minimum atomic E-state index is -2.53. The molecular formula is C16H18F2N2. The van der Waals surface area contributed by atoms with Crippen molar-refractivity contribution in [3.8, 4) is 0 Å². The number of alkyl halides is 2. The van der Waals surface area contributed by atoms with Gasteiger partial charge in [0.25, 0.3) is 6.43 Å². The number of anilines is 2. The predicted molar refractivity (Wildman–Crippen MR) is 79.2 cm³/mol. The summed E-state index contributed by atoms with van der Waals surface area (Å²) in [5, 5.41) is 3.05. The Balaban J connectivity index is 2.01. The van der Waals surface area contributed by atoms with E-state index in [-0.39, 0.29) is 5.56 Å². The Labute approximate surface area is 117 Å². The number of hydrogen-bond donors (Lipinski definition) is 2. The molecule has 0 aliphatic heterocycles. The van der Waals surface area contributed by atoms with Gasteiger partial charge < -0.3 is 11.1 Å². The molecule has 20 heavy (non-hydrogen) atoms. The zero-order valence-electron chi connectivity index (χ0n) is 11.4. The highest BCUT2D eigenvalue weighted by atomic mass is 19.3. The van der Waals surface area contributed by atoms with E-state index < -0.39 is 6.43 Å². The average molecular weight is 276 g/mol. The summed E-state index contributed by atoms with van der Waals surface area (Å²) in [6, 6.07) is 12.7. The number of rotatable bonds is 5. The lowest BCUT2D eigenvalue weighted by Crippen LogP contribution is -2.07. The van der Waals surface area contributed by atoms with E-state index in [1.165, 1.54) is 17.2 Å². The van der Waals surface area contributed by atoms with Crippen LogP contribution in [0.25, 0.3) is 0 Å². The molecule has 0 spiro atoms. The first-order valence-corrected chi connectivity index (χ1v) is 6.53. The van der Waals surface area contributed by atoms with Gasteiger partial charge in [0.1, 0.15) is 0 Å². The van der Waals surface area contributed by atoms with E-state index >= 15 is 0 Å². The summed E-state index contributed by atoms with van der Waals surface area (Å²) >= 11 is 0. The molecule has 0 aromatic heterocycles. The van der Waals surface area contributed by atoms with E-state index in [9.17, 15) is 8.78 Å². The van der Waals surface area contributed by atoms with Crippen LogP contribution in [0.1, 0.15) is 23.1 Å². The highest BCUT2D eigenvalue weighted by Gasteiger charge is 2.12. The van der Waals surface area contributed by atoms with E-state index in [4.69, 9.17) is 5.73 Å². The molecule has 0 unspecified atom stereocenters. The fourth-order valence-corrected chi connectivity index (χ4v) is 2.13. The maximum Gasteiger partial charge on any atom is 0.265 e. The van der Waals surface area contributed by atoms with Gasteiger partial charge in [0.2, 0.25) is 0 Å². The molecular weight excluding hydrogens is 258 g/mol. The summed E-state index contributed by atoms with van der Waals surface area (Å²) in [4.78, 5) is 0. The molecule has 0 saturated heterocycles. The zero-order valence-corrected chi connectivity index (χ0v) is 11.4. The van der Waals surface area contributed by atoms with Crippen molar-refractivity contribution >= 4 is 11.4 Å². The molecule has 2 aromatic carbocycles. The van der Waals surface area contributed by atoms with Gasteiger partial charge in [0.05, 0.1) is 0 Å². The van der Waals surface area contributed by atoms with Crippen molar-refractivity contribution in [2.75, 3.05) is 17.6 Å². The minimum Gasteiger partial charge on any atom is -0.399 e. The molecule has 0 bridgehead atoms. The molecule has 0 aliphatic carbocycles. The second kappa shape index (κ2) is 6.37. The molecule has 2 nitrogen and oxygen atoms in total. The molecule has 0 atom stereocenters. The SMILES string of the molecule is Cc1cccc(CCNc2ccc(N)cc2C(F)F)c1. The van der Waals surface area contributed by atoms with Crippen LogP contribution >= 0.6 is 0 Å². The predicted octanol–water partition coefficient (Wildman–Crippen LogP) is 4.17. The van der Waals surface area contributed by atoms with Gasteiger partial charge in [-0.2, -0.15) is 0 Å². The topological polar surface area (TPSA) is 38.0 Å². The van der Waals surface area contributed by atoms with Crippen molar-refractivity contribution < 1.29 is 8.78 Å². The van der Waals surface area contributed by atoms with Crippen molar-refractivity contribution in [1.29, 1.82) is 0 Å². The second-order valence-electron chi connectivity index (χ2n) is 4.81. The van der Waals surface area contributed by atoms with Crippen LogP contribution in [-0.4, -0.2) is 6.54 Å². The number of aryl methyl sites for hydroxylation is 1. The van der Waals surface area contributed by atoms with Crippen LogP contribution in [-0.2, 0) is 6.42 Å². The molecule has 0 saturated carbocycles. The zero-order chi connectivity index (χ0) is 14.5. The highest BCUT2D eigenvalue weighted by Crippen LogP contribution is 2.28. The minimum absolute atomic E-state index is 0.0470. The average Bonchev–Trinajstić information content (AvgIpc) is 2.40. The number of nitrogens with one attached hydrogen (secondary N) is 1. The Morgan fingerprint density at radius 3 is 2.65 bits per heavy atom. The quantitative estimate of drug-likeness (QED) is 0.804. The Hall–Kier alpha value is -2.10. The first-order valence-electron chi connectivity index (χ1n) is 6.53. The molecule has 0 aliphatic rings. The summed E-state index contributed by atoms with van der Waals surface area (Å²) < 4.78 is 25.8. The van der Waals surface area contributed by atoms with Crippen LogP contribution < -0.4 is 11.1 Å². The maximum atomic E-state index is 12.9. The van der Waals surface area contributed by atoms with Crippen LogP contribution in [0.4, 0.5) is 20.2 Å². The second-order valence-corrected chi connectivity index (χ2v) is 4.81. The van der Waals surface area contributed by atoms with Crippen LogP contribution in [0.5, 0.6) is 0 Å². The molecule has 2 aromatic rings. The van der Waals surface area contributed by atoms with Gasteiger partial charge in [-0.15, -0.1) is 0 Å². The summed E-state index contributed by atoms with van der Waals surface area (Å²) in [6.45, 7) is 2.64. The Bertz CT molecular complexity index is 582. The summed E-state index contributed by atoms with van der Waals surface area (Å²) in [5.74, 6) is 0. The van der Waals surface area contributed by atoms with Gasteiger partial charge in [0, 0.05) is 23.5 Å². The summed E-state index contributed by atoms with van der Waals surface area (Å²) in [6.07, 6.45) is -1.74. The lowest BCUT2D eigenvalue weighted by Gasteiger charge is -2.12. The third-order valence-corrected chi connectivity index (χ3v) is 3.12. The van der Waals surface area contributed by atoms with Crippen LogP contribution in [0, 0.1) is 6.92 Å². The monoisotopic (exact) mass is 276 g/mol. The summed E-state index contributed by atoms with van der Waals surface area (Å²) in [7, 11) is 0. The van der Waals surface area contributed by atoms with Gasteiger partial charge in [-0.1, -0.05) is 29.8 Å². The molecule has 2 rings (SSSR count). The van der Waals surface area contributed by atoms with Crippen molar-refractivity contribution in [3.63, 3.8) is 0 Å². The third-order valence-electron chi connectivity index (χ3n) is 3.12. The number of nitrogen functional groups attached to an aromatic ring is 1. The fourth-order valence-electron chi connectivity index (χ4n) is 2.13. The molecule has 0 heterocycles. The molecule has 3 N–H and O–H groups in total. The van der Waals surface area contributed by atoms with E-state index in [1.54, 1.807) is 12.1 Å². The lowest BCUT2D eigenvalue weighted by atomic mass is 10.1. The van der Waals surface area contributed by atoms with Crippen LogP contribution in [0.3, 0.4) is 0 Å². The molecule has 0 radical (unpaired) electrons. The van der Waals surface area contributed by atoms with Gasteiger partial charge >= 0.3 is 0 Å². The van der Waals surface area contributed by atoms with Crippen molar-refractivity contribution in [1.82, 2.24) is 0 Å². The Kier molecular flexibility index (Phi) is 4.56. The number of halogens is 2. The van der Waals surface area contributed by atoms with Crippen molar-refractivity contribution in [3.05, 3.63) is 59.2 Å². The van der Waals surface area contributed by atoms with Crippen LogP contribution in [0.2, 0.25) is 0 Å². The molecule has 0 fully saturated rings. The number of benzene rings is 2. The molecule has 106 valence electrons. The number of hydrogen-bond acceptors (Lipinski definition) is 2. The van der Waals surface area contributed by atoms with Crippen LogP contribution in [0.15, 0.2) is 42.5 Å². The van der Waals surface area contributed by atoms with Gasteiger partial charge in [-0.3, -0.25) is 0 Å². The normalized spacial score (nSPS) is 10.8. The number of nitrogens with two attached hydrogens (primary N) is 1. The maximum absolute atomic E-state index is 12.9. The van der Waals surface area contributed by atoms with E-state index in [1.807, 2.05) is 25.1 Å². The standard InChI is InChI=1S/C16H18F2N2/c1-11-3-2-4-12(9-11)7-8-20-15-6-5-13(19)10-14(15)16(17)18/h2-6,9-10,16,20H,7-8,19H2,1H3. The molecule has 0 amide bonds. The third kappa shape index (κ3) is 3.70.